The van der Waals surface area contributed by atoms with Crippen LogP contribution in [0.15, 0.2) is 54.7 Å². The molecule has 0 aliphatic rings. The predicted molar refractivity (Wildman–Crippen MR) is 98.4 cm³/mol. The van der Waals surface area contributed by atoms with Crippen molar-refractivity contribution in [1.82, 2.24) is 4.98 Å². The van der Waals surface area contributed by atoms with Gasteiger partial charge in [0.15, 0.2) is 0 Å². The van der Waals surface area contributed by atoms with Gasteiger partial charge in [-0.2, -0.15) is 0 Å². The second kappa shape index (κ2) is 8.22. The number of unbranched alkanes of at least 4 members (excludes halogenated alkanes) is 1. The zero-order valence-corrected chi connectivity index (χ0v) is 14.6. The van der Waals surface area contributed by atoms with Crippen LogP contribution >= 0.6 is 23.2 Å². The van der Waals surface area contributed by atoms with Crippen LogP contribution < -0.4 is 9.47 Å². The highest BCUT2D eigenvalue weighted by atomic mass is 35.5. The maximum Gasteiger partial charge on any atom is 0.145 e. The molecule has 0 saturated heterocycles. The molecule has 0 N–H and O–H groups in total. The normalized spacial score (nSPS) is 10.8. The van der Waals surface area contributed by atoms with Crippen molar-refractivity contribution in [2.45, 2.75) is 12.8 Å². The molecule has 0 aliphatic carbocycles. The van der Waals surface area contributed by atoms with E-state index in [1.807, 2.05) is 42.5 Å². The summed E-state index contributed by atoms with van der Waals surface area (Å²) in [5, 5.41) is 2.03. The van der Waals surface area contributed by atoms with Crippen molar-refractivity contribution < 1.29 is 9.47 Å². The molecule has 24 heavy (non-hydrogen) atoms. The smallest absolute Gasteiger partial charge is 0.145 e. The second-order valence-corrected chi connectivity index (χ2v) is 6.07. The van der Waals surface area contributed by atoms with E-state index in [1.54, 1.807) is 12.3 Å². The molecule has 0 atom stereocenters. The van der Waals surface area contributed by atoms with E-state index in [-0.39, 0.29) is 0 Å². The molecule has 0 spiro atoms. The molecule has 0 saturated carbocycles. The number of benzene rings is 2. The Kier molecular flexibility index (Phi) is 5.78. The van der Waals surface area contributed by atoms with Crippen LogP contribution in [-0.2, 0) is 0 Å². The Morgan fingerprint density at radius 3 is 2.29 bits per heavy atom. The minimum absolute atomic E-state index is 0.456. The van der Waals surface area contributed by atoms with Crippen LogP contribution in [0.2, 0.25) is 10.0 Å². The van der Waals surface area contributed by atoms with Crippen molar-refractivity contribution >= 4 is 34.1 Å². The summed E-state index contributed by atoms with van der Waals surface area (Å²) in [6, 6.07) is 15.3. The zero-order valence-electron chi connectivity index (χ0n) is 13.0. The van der Waals surface area contributed by atoms with E-state index >= 15 is 0 Å². The molecule has 0 fully saturated rings. The van der Waals surface area contributed by atoms with E-state index in [9.17, 15) is 0 Å². The quantitative estimate of drug-likeness (QED) is 0.499. The van der Waals surface area contributed by atoms with Gasteiger partial charge < -0.3 is 9.47 Å². The first-order valence-electron chi connectivity index (χ1n) is 7.79. The van der Waals surface area contributed by atoms with E-state index < -0.39 is 0 Å². The number of para-hydroxylation sites is 1. The van der Waals surface area contributed by atoms with Gasteiger partial charge in [-0.25, -0.2) is 0 Å². The first-order valence-corrected chi connectivity index (χ1v) is 8.54. The summed E-state index contributed by atoms with van der Waals surface area (Å²) in [7, 11) is 0. The van der Waals surface area contributed by atoms with Gasteiger partial charge in [-0.15, -0.1) is 0 Å². The van der Waals surface area contributed by atoms with Crippen LogP contribution in [-0.4, -0.2) is 18.2 Å². The third kappa shape index (κ3) is 4.11. The van der Waals surface area contributed by atoms with Crippen LogP contribution in [0, 0.1) is 0 Å². The van der Waals surface area contributed by atoms with Gasteiger partial charge in [0, 0.05) is 11.6 Å². The molecule has 3 rings (SSSR count). The lowest BCUT2D eigenvalue weighted by Gasteiger charge is -2.10. The summed E-state index contributed by atoms with van der Waals surface area (Å²) in [6.45, 7) is 1.18. The number of halogens is 2. The van der Waals surface area contributed by atoms with Crippen LogP contribution in [0.25, 0.3) is 10.9 Å². The van der Waals surface area contributed by atoms with Gasteiger partial charge in [-0.3, -0.25) is 4.98 Å². The number of fused-ring (bicyclic) bond motifs is 1. The molecule has 0 aliphatic heterocycles. The maximum atomic E-state index is 6.08. The fourth-order valence-electron chi connectivity index (χ4n) is 2.36. The second-order valence-electron chi connectivity index (χ2n) is 5.29. The average Bonchev–Trinajstić information content (AvgIpc) is 2.61. The number of hydrogen-bond donors (Lipinski definition) is 0. The lowest BCUT2D eigenvalue weighted by Crippen LogP contribution is -2.03. The molecule has 0 unspecified atom stereocenters. The van der Waals surface area contributed by atoms with Gasteiger partial charge in [0.2, 0.25) is 0 Å². The summed E-state index contributed by atoms with van der Waals surface area (Å²) in [5.74, 6) is 1.43. The number of nitrogens with zero attached hydrogens (tertiary/aromatic N) is 1. The van der Waals surface area contributed by atoms with Gasteiger partial charge in [0.25, 0.3) is 0 Å². The Labute approximate surface area is 151 Å². The van der Waals surface area contributed by atoms with Crippen molar-refractivity contribution in [2.75, 3.05) is 13.2 Å². The molecule has 0 amide bonds. The number of aromatic nitrogens is 1. The topological polar surface area (TPSA) is 31.4 Å². The van der Waals surface area contributed by atoms with Crippen molar-refractivity contribution in [2.24, 2.45) is 0 Å². The standard InChI is InChI=1S/C19H17Cl2NO2/c20-15-8-4-9-16(18(15)21)23-12-1-2-13-24-17-10-3-6-14-7-5-11-22-19(14)17/h3-11H,1-2,12-13H2. The monoisotopic (exact) mass is 361 g/mol. The number of rotatable bonds is 7. The molecule has 0 radical (unpaired) electrons. The van der Waals surface area contributed by atoms with Crippen LogP contribution in [0.3, 0.4) is 0 Å². The summed E-state index contributed by atoms with van der Waals surface area (Å²) in [4.78, 5) is 4.38. The highest BCUT2D eigenvalue weighted by Crippen LogP contribution is 2.31. The third-order valence-corrected chi connectivity index (χ3v) is 4.37. The SMILES string of the molecule is Clc1cccc(OCCCCOc2cccc3cccnc23)c1Cl. The average molecular weight is 362 g/mol. The van der Waals surface area contributed by atoms with Gasteiger partial charge in [0.05, 0.1) is 18.2 Å². The summed E-state index contributed by atoms with van der Waals surface area (Å²) in [5.41, 5.74) is 0.891. The Hall–Kier alpha value is -1.97. The lowest BCUT2D eigenvalue weighted by molar-refractivity contribution is 0.268. The molecule has 1 heterocycles. The van der Waals surface area contributed by atoms with Crippen LogP contribution in [0.4, 0.5) is 0 Å². The first-order chi connectivity index (χ1) is 11.8. The molecule has 3 aromatic rings. The van der Waals surface area contributed by atoms with E-state index in [1.165, 1.54) is 0 Å². The van der Waals surface area contributed by atoms with E-state index in [4.69, 9.17) is 32.7 Å². The number of ether oxygens (including phenoxy) is 2. The fourth-order valence-corrected chi connectivity index (χ4v) is 2.70. The maximum absolute atomic E-state index is 6.08. The van der Waals surface area contributed by atoms with Gasteiger partial charge in [0.1, 0.15) is 22.0 Å². The zero-order chi connectivity index (χ0) is 16.8. The molecule has 2 aromatic carbocycles. The Morgan fingerprint density at radius 1 is 0.792 bits per heavy atom. The van der Waals surface area contributed by atoms with Gasteiger partial charge >= 0.3 is 0 Å². The van der Waals surface area contributed by atoms with Gasteiger partial charge in [-0.1, -0.05) is 47.5 Å². The molecule has 1 aromatic heterocycles. The summed E-state index contributed by atoms with van der Waals surface area (Å²) >= 11 is 12.0. The molecular weight excluding hydrogens is 345 g/mol. The molecule has 3 nitrogen and oxygen atoms in total. The van der Waals surface area contributed by atoms with Crippen molar-refractivity contribution in [1.29, 1.82) is 0 Å². The van der Waals surface area contributed by atoms with Crippen molar-refractivity contribution in [3.63, 3.8) is 0 Å². The molecule has 0 bridgehead atoms. The molecule has 5 heteroatoms. The largest absolute Gasteiger partial charge is 0.492 e. The minimum atomic E-state index is 0.456. The Morgan fingerprint density at radius 2 is 1.46 bits per heavy atom. The Bertz CT molecular complexity index is 818. The highest BCUT2D eigenvalue weighted by Gasteiger charge is 2.05. The lowest BCUT2D eigenvalue weighted by atomic mass is 10.2. The van der Waals surface area contributed by atoms with E-state index in [0.717, 1.165) is 29.5 Å². The third-order valence-electron chi connectivity index (χ3n) is 3.57. The van der Waals surface area contributed by atoms with Crippen LogP contribution in [0.5, 0.6) is 11.5 Å². The van der Waals surface area contributed by atoms with Crippen LogP contribution in [0.1, 0.15) is 12.8 Å². The minimum Gasteiger partial charge on any atom is -0.492 e. The molecular formula is C19H17Cl2NO2. The fraction of sp³-hybridized carbons (Fsp3) is 0.211. The number of pyridine rings is 1. The summed E-state index contributed by atoms with van der Waals surface area (Å²) < 4.78 is 11.5. The summed E-state index contributed by atoms with van der Waals surface area (Å²) in [6.07, 6.45) is 3.51. The van der Waals surface area contributed by atoms with Crippen molar-refractivity contribution in [3.8, 4) is 11.5 Å². The Balaban J connectivity index is 1.45. The highest BCUT2D eigenvalue weighted by molar-refractivity contribution is 6.42. The first kappa shape index (κ1) is 16.9. The predicted octanol–water partition coefficient (Wildman–Crippen LogP) is 5.78. The molecule has 124 valence electrons. The van der Waals surface area contributed by atoms with Crippen molar-refractivity contribution in [3.05, 3.63) is 64.8 Å². The number of hydrogen-bond acceptors (Lipinski definition) is 3. The van der Waals surface area contributed by atoms with Gasteiger partial charge in [-0.05, 0) is 37.1 Å². The van der Waals surface area contributed by atoms with E-state index in [2.05, 4.69) is 4.98 Å². The van der Waals surface area contributed by atoms with E-state index in [0.29, 0.717) is 29.0 Å².